The van der Waals surface area contributed by atoms with Gasteiger partial charge in [-0.15, -0.1) is 4.40 Å². The first kappa shape index (κ1) is 18.5. The number of nitrogens with two attached hydrogens (primary N) is 1. The molecule has 0 saturated heterocycles. The van der Waals surface area contributed by atoms with Crippen molar-refractivity contribution in [3.8, 4) is 0 Å². The summed E-state index contributed by atoms with van der Waals surface area (Å²) in [7, 11) is -2.17. The minimum atomic E-state index is -3.94. The van der Waals surface area contributed by atoms with Gasteiger partial charge in [-0.1, -0.05) is 25.4 Å². The van der Waals surface area contributed by atoms with Gasteiger partial charge in [0.2, 0.25) is 5.96 Å². The zero-order valence-electron chi connectivity index (χ0n) is 14.2. The maximum Gasteiger partial charge on any atom is 0.285 e. The quantitative estimate of drug-likeness (QED) is 0.500. The maximum atomic E-state index is 12.7. The van der Waals surface area contributed by atoms with E-state index in [0.717, 1.165) is 0 Å². The average Bonchev–Trinajstić information content (AvgIpc) is 2.86. The minimum Gasteiger partial charge on any atom is -0.398 e. The van der Waals surface area contributed by atoms with Gasteiger partial charge in [0.15, 0.2) is 0 Å². The molecule has 1 aromatic carbocycles. The van der Waals surface area contributed by atoms with E-state index in [0.29, 0.717) is 18.8 Å². The van der Waals surface area contributed by atoms with E-state index in [1.165, 1.54) is 18.2 Å². The normalized spacial score (nSPS) is 17.4. The molecule has 2 N–H and O–H groups in total. The lowest BCUT2D eigenvalue weighted by Gasteiger charge is -2.27. The molecule has 0 atom stereocenters. The Balaban J connectivity index is 2.45. The Morgan fingerprint density at radius 3 is 2.67 bits per heavy atom. The minimum absolute atomic E-state index is 0.00820. The highest BCUT2D eigenvalue weighted by atomic mass is 35.5. The Bertz CT molecular complexity index is 789. The second kappa shape index (κ2) is 6.60. The van der Waals surface area contributed by atoms with Crippen molar-refractivity contribution in [2.45, 2.75) is 25.7 Å². The summed E-state index contributed by atoms with van der Waals surface area (Å²) >= 11 is 5.93. The number of guanidine groups is 1. The molecule has 2 rings (SSSR count). The van der Waals surface area contributed by atoms with E-state index in [2.05, 4.69) is 9.50 Å². The fourth-order valence-corrected chi connectivity index (χ4v) is 3.41. The van der Waals surface area contributed by atoms with Crippen LogP contribution in [-0.4, -0.2) is 50.6 Å². The van der Waals surface area contributed by atoms with Crippen LogP contribution < -0.4 is 5.73 Å². The third-order valence-electron chi connectivity index (χ3n) is 3.62. The Hall–Kier alpha value is -1.80. The number of halogens is 1. The summed E-state index contributed by atoms with van der Waals surface area (Å²) < 4.78 is 29.3. The highest BCUT2D eigenvalue weighted by Crippen LogP contribution is 2.25. The zero-order chi connectivity index (χ0) is 18.1. The van der Waals surface area contributed by atoms with E-state index >= 15 is 0 Å². The van der Waals surface area contributed by atoms with Crippen LogP contribution in [0.3, 0.4) is 0 Å². The number of nitrogens with zero attached hydrogens (tertiary/aromatic N) is 4. The standard InChI is InChI=1S/C15H22ClN5O2S/c1-5-20(4)14(21-10-15(2,3)9-18-21)19-24(22,23)11-6-7-13(17)12(16)8-11/h6-9H,5,10,17H2,1-4H3. The van der Waals surface area contributed by atoms with Crippen LogP contribution in [0.4, 0.5) is 5.69 Å². The molecule has 0 fully saturated rings. The van der Waals surface area contributed by atoms with Crippen LogP contribution in [0.15, 0.2) is 32.6 Å². The second-order valence-electron chi connectivity index (χ2n) is 6.35. The summed E-state index contributed by atoms with van der Waals surface area (Å²) in [6, 6.07) is 4.14. The number of hydrogen-bond donors (Lipinski definition) is 1. The zero-order valence-corrected chi connectivity index (χ0v) is 15.8. The largest absolute Gasteiger partial charge is 0.398 e. The molecule has 0 saturated carbocycles. The fraction of sp³-hybridized carbons (Fsp3) is 0.467. The van der Waals surface area contributed by atoms with Crippen molar-refractivity contribution < 1.29 is 8.42 Å². The molecule has 1 aliphatic heterocycles. The summed E-state index contributed by atoms with van der Waals surface area (Å²) in [6.45, 7) is 7.09. The molecule has 9 heteroatoms. The monoisotopic (exact) mass is 371 g/mol. The van der Waals surface area contributed by atoms with Crippen molar-refractivity contribution in [2.75, 3.05) is 25.9 Å². The van der Waals surface area contributed by atoms with Gasteiger partial charge in [0, 0.05) is 25.2 Å². The molecule has 0 aliphatic carbocycles. The van der Waals surface area contributed by atoms with Gasteiger partial charge < -0.3 is 10.6 Å². The highest BCUT2D eigenvalue weighted by molar-refractivity contribution is 7.90. The Labute approximate surface area is 147 Å². The van der Waals surface area contributed by atoms with Crippen LogP contribution in [-0.2, 0) is 10.0 Å². The van der Waals surface area contributed by atoms with Gasteiger partial charge in [0.05, 0.1) is 22.2 Å². The summed E-state index contributed by atoms with van der Waals surface area (Å²) in [5, 5.41) is 6.07. The summed E-state index contributed by atoms with van der Waals surface area (Å²) in [4.78, 5) is 1.72. The second-order valence-corrected chi connectivity index (χ2v) is 8.37. The van der Waals surface area contributed by atoms with Crippen LogP contribution >= 0.6 is 11.6 Å². The summed E-state index contributed by atoms with van der Waals surface area (Å²) in [6.07, 6.45) is 1.79. The lowest BCUT2D eigenvalue weighted by molar-refractivity contribution is 0.336. The first-order valence-corrected chi connectivity index (χ1v) is 9.31. The molecule has 132 valence electrons. The molecule has 1 aromatic rings. The van der Waals surface area contributed by atoms with Crippen molar-refractivity contribution in [3.63, 3.8) is 0 Å². The van der Waals surface area contributed by atoms with Crippen LogP contribution in [0.5, 0.6) is 0 Å². The predicted molar refractivity (Wildman–Crippen MR) is 97.8 cm³/mol. The van der Waals surface area contributed by atoms with E-state index < -0.39 is 10.0 Å². The Morgan fingerprint density at radius 1 is 1.50 bits per heavy atom. The number of benzene rings is 1. The fourth-order valence-electron chi connectivity index (χ4n) is 2.10. The highest BCUT2D eigenvalue weighted by Gasteiger charge is 2.30. The lowest BCUT2D eigenvalue weighted by Crippen LogP contribution is -2.41. The molecule has 0 spiro atoms. The van der Waals surface area contributed by atoms with Crippen molar-refractivity contribution >= 4 is 39.5 Å². The number of anilines is 1. The Kier molecular flexibility index (Phi) is 5.10. The van der Waals surface area contributed by atoms with Gasteiger partial charge in [-0.25, -0.2) is 5.01 Å². The molecule has 0 bridgehead atoms. The number of rotatable bonds is 3. The molecular weight excluding hydrogens is 350 g/mol. The van der Waals surface area contributed by atoms with E-state index in [9.17, 15) is 8.42 Å². The molecule has 0 radical (unpaired) electrons. The van der Waals surface area contributed by atoms with Crippen LogP contribution in [0.2, 0.25) is 5.02 Å². The molecule has 1 heterocycles. The van der Waals surface area contributed by atoms with Gasteiger partial charge in [-0.3, -0.25) is 0 Å². The number of nitrogen functional groups attached to an aromatic ring is 1. The number of hydrogen-bond acceptors (Lipinski definition) is 4. The van der Waals surface area contributed by atoms with Crippen molar-refractivity contribution in [3.05, 3.63) is 23.2 Å². The van der Waals surface area contributed by atoms with Crippen LogP contribution in [0, 0.1) is 5.41 Å². The van der Waals surface area contributed by atoms with Crippen LogP contribution in [0.1, 0.15) is 20.8 Å². The molecule has 0 aromatic heterocycles. The van der Waals surface area contributed by atoms with Gasteiger partial charge in [-0.2, -0.15) is 13.5 Å². The van der Waals surface area contributed by atoms with E-state index in [-0.39, 0.29) is 21.3 Å². The first-order chi connectivity index (χ1) is 11.1. The molecule has 1 aliphatic rings. The van der Waals surface area contributed by atoms with Gasteiger partial charge >= 0.3 is 0 Å². The topological polar surface area (TPSA) is 91.4 Å². The maximum absolute atomic E-state index is 12.7. The van der Waals surface area contributed by atoms with Crippen molar-refractivity contribution in [1.29, 1.82) is 0 Å². The van der Waals surface area contributed by atoms with Gasteiger partial charge in [0.1, 0.15) is 0 Å². The molecule has 0 unspecified atom stereocenters. The number of hydrazone groups is 1. The third kappa shape index (κ3) is 3.99. The molecule has 24 heavy (non-hydrogen) atoms. The molecular formula is C15H22ClN5O2S. The average molecular weight is 372 g/mol. The molecule has 0 amide bonds. The summed E-state index contributed by atoms with van der Waals surface area (Å²) in [5.41, 5.74) is 5.80. The predicted octanol–water partition coefficient (Wildman–Crippen LogP) is 2.25. The van der Waals surface area contributed by atoms with Crippen LogP contribution in [0.25, 0.3) is 0 Å². The van der Waals surface area contributed by atoms with Crippen molar-refractivity contribution in [2.24, 2.45) is 14.9 Å². The van der Waals surface area contributed by atoms with E-state index in [4.69, 9.17) is 17.3 Å². The van der Waals surface area contributed by atoms with Gasteiger partial charge in [0.25, 0.3) is 10.0 Å². The first-order valence-electron chi connectivity index (χ1n) is 7.49. The number of sulfonamides is 1. The molecule has 7 nitrogen and oxygen atoms in total. The Morgan fingerprint density at radius 2 is 2.17 bits per heavy atom. The lowest BCUT2D eigenvalue weighted by atomic mass is 9.97. The SMILES string of the molecule is CCN(C)C(=NS(=O)(=O)c1ccc(N)c(Cl)c1)N1CC(C)(C)C=N1. The van der Waals surface area contributed by atoms with E-state index in [1.807, 2.05) is 20.8 Å². The smallest absolute Gasteiger partial charge is 0.285 e. The summed E-state index contributed by atoms with van der Waals surface area (Å²) in [5.74, 6) is 0.271. The van der Waals surface area contributed by atoms with Crippen molar-refractivity contribution in [1.82, 2.24) is 9.91 Å². The van der Waals surface area contributed by atoms with Gasteiger partial charge in [-0.05, 0) is 25.1 Å². The third-order valence-corrected chi connectivity index (χ3v) is 5.20. The van der Waals surface area contributed by atoms with E-state index in [1.54, 1.807) is 23.2 Å².